The highest BCUT2D eigenvalue weighted by atomic mass is 19.1. The number of ketones is 1. The summed E-state index contributed by atoms with van der Waals surface area (Å²) in [5.74, 6) is -0.133. The van der Waals surface area contributed by atoms with Gasteiger partial charge in [0.2, 0.25) is 0 Å². The first kappa shape index (κ1) is 14.2. The van der Waals surface area contributed by atoms with Crippen molar-refractivity contribution < 1.29 is 13.9 Å². The van der Waals surface area contributed by atoms with Crippen molar-refractivity contribution in [3.63, 3.8) is 0 Å². The van der Waals surface area contributed by atoms with Crippen molar-refractivity contribution in [2.75, 3.05) is 19.7 Å². The van der Waals surface area contributed by atoms with E-state index in [1.54, 1.807) is 12.1 Å². The third kappa shape index (κ3) is 5.09. The van der Waals surface area contributed by atoms with Gasteiger partial charge in [0.1, 0.15) is 11.6 Å². The van der Waals surface area contributed by atoms with Crippen LogP contribution in [0.25, 0.3) is 0 Å². The summed E-state index contributed by atoms with van der Waals surface area (Å²) in [7, 11) is 0. The van der Waals surface area contributed by atoms with E-state index in [1.165, 1.54) is 12.1 Å². The lowest BCUT2D eigenvalue weighted by molar-refractivity contribution is -0.120. The number of carbonyl (C=O) groups is 1. The smallest absolute Gasteiger partial charge is 0.139 e. The van der Waals surface area contributed by atoms with Gasteiger partial charge in [-0.2, -0.15) is 0 Å². The van der Waals surface area contributed by atoms with E-state index in [9.17, 15) is 9.18 Å². The summed E-state index contributed by atoms with van der Waals surface area (Å²) in [5, 5.41) is 3.27. The Morgan fingerprint density at radius 2 is 1.95 bits per heavy atom. The number of halogens is 1. The molecule has 0 amide bonds. The molecule has 0 unspecified atom stereocenters. The number of nitrogens with one attached hydrogen (secondary N) is 1. The predicted octanol–water partition coefficient (Wildman–Crippen LogP) is 2.10. The Bertz CT molecular complexity index is 399. The van der Waals surface area contributed by atoms with Crippen molar-refractivity contribution in [2.45, 2.75) is 31.8 Å². The van der Waals surface area contributed by atoms with Crippen molar-refractivity contribution in [2.24, 2.45) is 0 Å². The maximum Gasteiger partial charge on any atom is 0.139 e. The van der Waals surface area contributed by atoms with Crippen LogP contribution in [-0.2, 0) is 16.0 Å². The zero-order valence-electron chi connectivity index (χ0n) is 11.0. The van der Waals surface area contributed by atoms with E-state index in [1.807, 2.05) is 0 Å². The van der Waals surface area contributed by atoms with Gasteiger partial charge in [-0.15, -0.1) is 0 Å². The molecule has 0 aromatic heterocycles. The average Bonchev–Trinajstić information content (AvgIpc) is 2.43. The Morgan fingerprint density at radius 1 is 1.26 bits per heavy atom. The molecule has 1 saturated heterocycles. The number of hydrogen-bond acceptors (Lipinski definition) is 3. The van der Waals surface area contributed by atoms with Gasteiger partial charge in [-0.1, -0.05) is 12.1 Å². The van der Waals surface area contributed by atoms with Crippen LogP contribution in [0.4, 0.5) is 4.39 Å². The fourth-order valence-corrected chi connectivity index (χ4v) is 2.22. The SMILES string of the molecule is O=C(CCOC1CCNCC1)Cc1ccc(F)cc1. The van der Waals surface area contributed by atoms with Crippen molar-refractivity contribution in [3.05, 3.63) is 35.6 Å². The molecule has 1 N–H and O–H groups in total. The summed E-state index contributed by atoms with van der Waals surface area (Å²) < 4.78 is 18.4. The van der Waals surface area contributed by atoms with E-state index in [0.717, 1.165) is 31.5 Å². The minimum Gasteiger partial charge on any atom is -0.378 e. The van der Waals surface area contributed by atoms with E-state index in [2.05, 4.69) is 5.32 Å². The lowest BCUT2D eigenvalue weighted by atomic mass is 10.1. The van der Waals surface area contributed by atoms with E-state index < -0.39 is 0 Å². The topological polar surface area (TPSA) is 38.3 Å². The Labute approximate surface area is 113 Å². The first-order valence-electron chi connectivity index (χ1n) is 6.82. The molecule has 0 aliphatic carbocycles. The molecule has 104 valence electrons. The molecule has 2 rings (SSSR count). The molecule has 0 atom stereocenters. The molecule has 1 heterocycles. The first-order chi connectivity index (χ1) is 9.24. The van der Waals surface area contributed by atoms with Crippen LogP contribution < -0.4 is 5.32 Å². The van der Waals surface area contributed by atoms with Gasteiger partial charge in [-0.3, -0.25) is 4.79 Å². The number of ether oxygens (including phenoxy) is 1. The van der Waals surface area contributed by atoms with Crippen LogP contribution >= 0.6 is 0 Å². The molecule has 1 aromatic carbocycles. The quantitative estimate of drug-likeness (QED) is 0.856. The fraction of sp³-hybridized carbons (Fsp3) is 0.533. The van der Waals surface area contributed by atoms with Gasteiger partial charge in [0, 0.05) is 12.8 Å². The Balaban J connectivity index is 1.65. The number of piperidine rings is 1. The normalized spacial score (nSPS) is 16.5. The monoisotopic (exact) mass is 265 g/mol. The Kier molecular flexibility index (Phi) is 5.48. The van der Waals surface area contributed by atoms with Crippen LogP contribution in [-0.4, -0.2) is 31.6 Å². The van der Waals surface area contributed by atoms with Gasteiger partial charge in [0.25, 0.3) is 0 Å². The summed E-state index contributed by atoms with van der Waals surface area (Å²) in [6.45, 7) is 2.48. The highest BCUT2D eigenvalue weighted by molar-refractivity contribution is 5.80. The summed E-state index contributed by atoms with van der Waals surface area (Å²) in [5.41, 5.74) is 0.855. The average molecular weight is 265 g/mol. The van der Waals surface area contributed by atoms with Crippen LogP contribution in [0.3, 0.4) is 0 Å². The Hall–Kier alpha value is -1.26. The number of Topliss-reactive ketones (excluding diaryl/α,β-unsaturated/α-hetero) is 1. The van der Waals surface area contributed by atoms with Gasteiger partial charge in [0.15, 0.2) is 0 Å². The minimum absolute atomic E-state index is 0.139. The molecule has 1 aliphatic heterocycles. The van der Waals surface area contributed by atoms with Crippen molar-refractivity contribution in [1.29, 1.82) is 0 Å². The second-order valence-electron chi connectivity index (χ2n) is 4.91. The zero-order valence-corrected chi connectivity index (χ0v) is 11.0. The third-order valence-corrected chi connectivity index (χ3v) is 3.34. The van der Waals surface area contributed by atoms with Gasteiger partial charge in [0.05, 0.1) is 12.7 Å². The summed E-state index contributed by atoms with van der Waals surface area (Å²) in [6.07, 6.45) is 3.12. The lowest BCUT2D eigenvalue weighted by Gasteiger charge is -2.22. The van der Waals surface area contributed by atoms with Crippen LogP contribution in [0.15, 0.2) is 24.3 Å². The van der Waals surface area contributed by atoms with E-state index in [0.29, 0.717) is 25.6 Å². The standard InChI is InChI=1S/C15H20FNO2/c16-13-3-1-12(2-4-13)11-14(18)7-10-19-15-5-8-17-9-6-15/h1-4,15,17H,5-11H2. The largest absolute Gasteiger partial charge is 0.378 e. The lowest BCUT2D eigenvalue weighted by Crippen LogP contribution is -2.32. The zero-order chi connectivity index (χ0) is 13.5. The van der Waals surface area contributed by atoms with E-state index >= 15 is 0 Å². The van der Waals surface area contributed by atoms with Gasteiger partial charge < -0.3 is 10.1 Å². The molecular formula is C15H20FNO2. The molecule has 1 fully saturated rings. The molecule has 0 radical (unpaired) electrons. The Morgan fingerprint density at radius 3 is 2.63 bits per heavy atom. The van der Waals surface area contributed by atoms with E-state index in [-0.39, 0.29) is 11.6 Å². The maximum atomic E-state index is 12.7. The number of benzene rings is 1. The molecule has 0 spiro atoms. The van der Waals surface area contributed by atoms with Crippen LogP contribution in [0.2, 0.25) is 0 Å². The molecular weight excluding hydrogens is 245 g/mol. The van der Waals surface area contributed by atoms with Crippen molar-refractivity contribution in [1.82, 2.24) is 5.32 Å². The summed E-state index contributed by atoms with van der Waals surface area (Å²) in [6, 6.07) is 6.07. The summed E-state index contributed by atoms with van der Waals surface area (Å²) in [4.78, 5) is 11.8. The highest BCUT2D eigenvalue weighted by Crippen LogP contribution is 2.09. The number of hydrogen-bond donors (Lipinski definition) is 1. The maximum absolute atomic E-state index is 12.7. The third-order valence-electron chi connectivity index (χ3n) is 3.34. The molecule has 3 nitrogen and oxygen atoms in total. The van der Waals surface area contributed by atoms with Gasteiger partial charge in [-0.25, -0.2) is 4.39 Å². The van der Waals surface area contributed by atoms with E-state index in [4.69, 9.17) is 4.74 Å². The molecule has 19 heavy (non-hydrogen) atoms. The summed E-state index contributed by atoms with van der Waals surface area (Å²) >= 11 is 0. The minimum atomic E-state index is -0.273. The fourth-order valence-electron chi connectivity index (χ4n) is 2.22. The second kappa shape index (κ2) is 7.36. The predicted molar refractivity (Wildman–Crippen MR) is 71.6 cm³/mol. The highest BCUT2D eigenvalue weighted by Gasteiger charge is 2.13. The van der Waals surface area contributed by atoms with Crippen molar-refractivity contribution in [3.8, 4) is 0 Å². The number of rotatable bonds is 6. The molecule has 1 aromatic rings. The van der Waals surface area contributed by atoms with Crippen LogP contribution in [0.5, 0.6) is 0 Å². The van der Waals surface area contributed by atoms with Crippen LogP contribution in [0, 0.1) is 5.82 Å². The number of carbonyl (C=O) groups excluding carboxylic acids is 1. The van der Waals surface area contributed by atoms with Gasteiger partial charge >= 0.3 is 0 Å². The molecule has 1 aliphatic rings. The molecule has 0 saturated carbocycles. The molecule has 0 bridgehead atoms. The molecule has 4 heteroatoms. The van der Waals surface area contributed by atoms with Crippen molar-refractivity contribution >= 4 is 5.78 Å². The first-order valence-corrected chi connectivity index (χ1v) is 6.82. The second-order valence-corrected chi connectivity index (χ2v) is 4.91. The van der Waals surface area contributed by atoms with Gasteiger partial charge in [-0.05, 0) is 43.6 Å². The van der Waals surface area contributed by atoms with Crippen LogP contribution in [0.1, 0.15) is 24.8 Å².